The molecule has 0 unspecified atom stereocenters. The van der Waals surface area contributed by atoms with Gasteiger partial charge in [0.1, 0.15) is 11.5 Å². The molecule has 0 spiro atoms. The van der Waals surface area contributed by atoms with Crippen molar-refractivity contribution in [1.29, 1.82) is 0 Å². The lowest BCUT2D eigenvalue weighted by molar-refractivity contribution is 0.103. The van der Waals surface area contributed by atoms with Crippen LogP contribution in [0.2, 0.25) is 10.0 Å². The van der Waals surface area contributed by atoms with Gasteiger partial charge in [-0.2, -0.15) is 0 Å². The molecule has 0 saturated heterocycles. The van der Waals surface area contributed by atoms with Gasteiger partial charge in [-0.25, -0.2) is 0 Å². The summed E-state index contributed by atoms with van der Waals surface area (Å²) in [6, 6.07) is 21.3. The summed E-state index contributed by atoms with van der Waals surface area (Å²) < 4.78 is 5.98. The first kappa shape index (κ1) is 17.5. The third-order valence-corrected chi connectivity index (χ3v) is 4.69. The van der Waals surface area contributed by atoms with E-state index in [-0.39, 0.29) is 5.78 Å². The molecular weight excluding hydrogens is 381 g/mol. The first-order chi connectivity index (χ1) is 13.1. The number of ether oxygens (including phenoxy) is 1. The van der Waals surface area contributed by atoms with Crippen LogP contribution in [0.5, 0.6) is 11.5 Å². The van der Waals surface area contributed by atoms with Crippen molar-refractivity contribution in [2.75, 3.05) is 0 Å². The minimum absolute atomic E-state index is 0.191. The number of hydrogen-bond acceptors (Lipinski definition) is 3. The van der Waals surface area contributed by atoms with Gasteiger partial charge in [-0.1, -0.05) is 35.3 Å². The van der Waals surface area contributed by atoms with Crippen LogP contribution < -0.4 is 4.74 Å². The smallest absolute Gasteiger partial charge is 0.194 e. The van der Waals surface area contributed by atoms with E-state index in [2.05, 4.69) is 4.98 Å². The van der Waals surface area contributed by atoms with Crippen molar-refractivity contribution >= 4 is 39.9 Å². The number of carbonyl (C=O) groups excluding carboxylic acids is 1. The number of halogens is 2. The molecule has 0 aliphatic carbocycles. The molecule has 3 aromatic carbocycles. The summed E-state index contributed by atoms with van der Waals surface area (Å²) in [6.07, 6.45) is 1.71. The lowest BCUT2D eigenvalue weighted by atomic mass is 10.0. The number of ketones is 1. The molecule has 0 atom stereocenters. The molecule has 4 aromatic rings. The fourth-order valence-electron chi connectivity index (χ4n) is 2.79. The molecule has 0 N–H and O–H groups in total. The van der Waals surface area contributed by atoms with Gasteiger partial charge in [0.2, 0.25) is 0 Å². The molecule has 1 aromatic heterocycles. The molecule has 5 heteroatoms. The van der Waals surface area contributed by atoms with Crippen molar-refractivity contribution < 1.29 is 9.53 Å². The highest BCUT2D eigenvalue weighted by molar-refractivity contribution is 6.36. The second-order valence-corrected chi connectivity index (χ2v) is 6.75. The summed E-state index contributed by atoms with van der Waals surface area (Å²) in [7, 11) is 0. The molecule has 27 heavy (non-hydrogen) atoms. The minimum atomic E-state index is -0.191. The molecule has 0 aliphatic rings. The van der Waals surface area contributed by atoms with Crippen LogP contribution in [0.3, 0.4) is 0 Å². The van der Waals surface area contributed by atoms with Crippen LogP contribution in [-0.2, 0) is 0 Å². The standard InChI is InChI=1S/C22H13Cl2NO2/c23-15-7-10-19(24)18(13-15)22(26)14-5-8-16(9-6-14)27-21-11-12-25-20-4-2-1-3-17(20)21/h1-13H. The maximum absolute atomic E-state index is 12.7. The van der Waals surface area contributed by atoms with E-state index in [4.69, 9.17) is 27.9 Å². The Morgan fingerprint density at radius 2 is 1.67 bits per heavy atom. The Morgan fingerprint density at radius 1 is 0.889 bits per heavy atom. The van der Waals surface area contributed by atoms with Crippen molar-refractivity contribution in [2.45, 2.75) is 0 Å². The minimum Gasteiger partial charge on any atom is -0.457 e. The van der Waals surface area contributed by atoms with Crippen LogP contribution in [0.1, 0.15) is 15.9 Å². The maximum atomic E-state index is 12.7. The van der Waals surface area contributed by atoms with Crippen molar-refractivity contribution in [3.8, 4) is 11.5 Å². The first-order valence-corrected chi connectivity index (χ1v) is 8.99. The Hall–Kier alpha value is -2.88. The number of rotatable bonds is 4. The summed E-state index contributed by atoms with van der Waals surface area (Å²) in [5.41, 5.74) is 1.74. The molecule has 4 rings (SSSR count). The van der Waals surface area contributed by atoms with E-state index >= 15 is 0 Å². The highest BCUT2D eigenvalue weighted by Crippen LogP contribution is 2.29. The lowest BCUT2D eigenvalue weighted by Crippen LogP contribution is -2.02. The van der Waals surface area contributed by atoms with Crippen LogP contribution in [0.15, 0.2) is 79.0 Å². The second kappa shape index (κ2) is 7.39. The highest BCUT2D eigenvalue weighted by atomic mass is 35.5. The summed E-state index contributed by atoms with van der Waals surface area (Å²) >= 11 is 12.1. The van der Waals surface area contributed by atoms with Gasteiger partial charge in [0.25, 0.3) is 0 Å². The number of fused-ring (bicyclic) bond motifs is 1. The van der Waals surface area contributed by atoms with E-state index < -0.39 is 0 Å². The molecule has 3 nitrogen and oxygen atoms in total. The van der Waals surface area contributed by atoms with E-state index in [1.165, 1.54) is 0 Å². The molecule has 0 aliphatic heterocycles. The Kier molecular flexibility index (Phi) is 4.80. The predicted octanol–water partition coefficient (Wildman–Crippen LogP) is 6.56. The monoisotopic (exact) mass is 393 g/mol. The van der Waals surface area contributed by atoms with Gasteiger partial charge in [0, 0.05) is 27.7 Å². The molecule has 0 bridgehead atoms. The summed E-state index contributed by atoms with van der Waals surface area (Å²) in [5, 5.41) is 1.76. The van der Waals surface area contributed by atoms with Crippen LogP contribution in [0, 0.1) is 0 Å². The molecule has 0 radical (unpaired) electrons. The van der Waals surface area contributed by atoms with E-state index in [1.807, 2.05) is 30.3 Å². The van der Waals surface area contributed by atoms with Crippen molar-refractivity contribution in [3.05, 3.63) is 100 Å². The highest BCUT2D eigenvalue weighted by Gasteiger charge is 2.14. The van der Waals surface area contributed by atoms with Crippen molar-refractivity contribution in [2.24, 2.45) is 0 Å². The van der Waals surface area contributed by atoms with E-state index in [1.54, 1.807) is 48.7 Å². The van der Waals surface area contributed by atoms with Crippen molar-refractivity contribution in [3.63, 3.8) is 0 Å². The molecular formula is C22H13Cl2NO2. The third kappa shape index (κ3) is 3.65. The van der Waals surface area contributed by atoms with Gasteiger partial charge < -0.3 is 4.74 Å². The third-order valence-electron chi connectivity index (χ3n) is 4.13. The van der Waals surface area contributed by atoms with Crippen LogP contribution >= 0.6 is 23.2 Å². The molecule has 0 fully saturated rings. The van der Waals surface area contributed by atoms with Gasteiger partial charge in [0.05, 0.1) is 10.5 Å². The zero-order chi connectivity index (χ0) is 18.8. The van der Waals surface area contributed by atoms with E-state index in [9.17, 15) is 4.79 Å². The largest absolute Gasteiger partial charge is 0.457 e. The fourth-order valence-corrected chi connectivity index (χ4v) is 3.16. The van der Waals surface area contributed by atoms with Crippen molar-refractivity contribution in [1.82, 2.24) is 4.98 Å². The van der Waals surface area contributed by atoms with Crippen LogP contribution in [-0.4, -0.2) is 10.8 Å². The number of carbonyl (C=O) groups is 1. The number of nitrogens with zero attached hydrogens (tertiary/aromatic N) is 1. The topological polar surface area (TPSA) is 39.2 Å². The lowest BCUT2D eigenvalue weighted by Gasteiger charge is -2.09. The second-order valence-electron chi connectivity index (χ2n) is 5.91. The van der Waals surface area contributed by atoms with Gasteiger partial charge >= 0.3 is 0 Å². The summed E-state index contributed by atoms with van der Waals surface area (Å²) in [4.78, 5) is 17.0. The number of benzene rings is 3. The summed E-state index contributed by atoms with van der Waals surface area (Å²) in [6.45, 7) is 0. The van der Waals surface area contributed by atoms with Gasteiger partial charge in [-0.05, 0) is 60.7 Å². The Labute approximate surface area is 166 Å². The normalized spacial score (nSPS) is 10.7. The number of aromatic nitrogens is 1. The van der Waals surface area contributed by atoms with E-state index in [0.29, 0.717) is 32.7 Å². The molecule has 132 valence electrons. The Balaban J connectivity index is 1.60. The molecule has 0 saturated carbocycles. The quantitative estimate of drug-likeness (QED) is 0.368. The average Bonchev–Trinajstić information content (AvgIpc) is 2.70. The maximum Gasteiger partial charge on any atom is 0.194 e. The fraction of sp³-hybridized carbons (Fsp3) is 0. The number of para-hydroxylation sites is 1. The number of pyridine rings is 1. The Morgan fingerprint density at radius 3 is 2.48 bits per heavy atom. The Bertz CT molecular complexity index is 1140. The SMILES string of the molecule is O=C(c1ccc(Oc2ccnc3ccccc23)cc1)c1cc(Cl)ccc1Cl. The molecule has 1 heterocycles. The van der Waals surface area contributed by atoms with Crippen LogP contribution in [0.25, 0.3) is 10.9 Å². The first-order valence-electron chi connectivity index (χ1n) is 8.23. The molecule has 0 amide bonds. The van der Waals surface area contributed by atoms with Gasteiger partial charge in [-0.15, -0.1) is 0 Å². The summed E-state index contributed by atoms with van der Waals surface area (Å²) in [5.74, 6) is 1.14. The number of hydrogen-bond donors (Lipinski definition) is 0. The zero-order valence-electron chi connectivity index (χ0n) is 14.0. The van der Waals surface area contributed by atoms with Gasteiger partial charge in [-0.3, -0.25) is 9.78 Å². The van der Waals surface area contributed by atoms with Gasteiger partial charge in [0.15, 0.2) is 5.78 Å². The van der Waals surface area contributed by atoms with Crippen LogP contribution in [0.4, 0.5) is 0 Å². The zero-order valence-corrected chi connectivity index (χ0v) is 15.5. The predicted molar refractivity (Wildman–Crippen MR) is 108 cm³/mol. The van der Waals surface area contributed by atoms with E-state index in [0.717, 1.165) is 10.9 Å². The average molecular weight is 394 g/mol.